The summed E-state index contributed by atoms with van der Waals surface area (Å²) in [6.45, 7) is 4.67. The van der Waals surface area contributed by atoms with E-state index in [0.717, 1.165) is 37.0 Å². The second kappa shape index (κ2) is 7.47. The molecule has 0 N–H and O–H groups in total. The Morgan fingerprint density at radius 3 is 2.96 bits per heavy atom. The van der Waals surface area contributed by atoms with Crippen LogP contribution in [0.25, 0.3) is 0 Å². The fourth-order valence-electron chi connectivity index (χ4n) is 2.97. The number of benzene rings is 1. The van der Waals surface area contributed by atoms with Crippen molar-refractivity contribution >= 4 is 5.91 Å². The number of hydrogen-bond donors (Lipinski definition) is 0. The van der Waals surface area contributed by atoms with Crippen molar-refractivity contribution in [3.8, 4) is 5.75 Å². The minimum atomic E-state index is -0.139. The standard InChI is InChI=1S/C18H23N3O3/c1-3-16-19-18(24-20-16)14-9-6-7-11-21(14)17(22)12-23-15-10-5-4-8-13(15)2/h4-5,8,10,14H,3,6-7,9,11-12H2,1-2H3/t14-/m0/s1. The topological polar surface area (TPSA) is 68.5 Å². The number of rotatable bonds is 5. The van der Waals surface area contributed by atoms with Gasteiger partial charge in [-0.15, -0.1) is 0 Å². The lowest BCUT2D eigenvalue weighted by Crippen LogP contribution is -2.41. The van der Waals surface area contributed by atoms with E-state index in [1.54, 1.807) is 0 Å². The molecule has 0 spiro atoms. The van der Waals surface area contributed by atoms with Crippen molar-refractivity contribution in [3.05, 3.63) is 41.5 Å². The molecule has 2 heterocycles. The van der Waals surface area contributed by atoms with Crippen LogP contribution in [0, 0.1) is 6.92 Å². The molecule has 3 rings (SSSR count). The molecule has 0 unspecified atom stereocenters. The first kappa shape index (κ1) is 16.5. The Bertz CT molecular complexity index is 698. The maximum absolute atomic E-state index is 12.7. The number of ether oxygens (including phenoxy) is 1. The summed E-state index contributed by atoms with van der Waals surface area (Å²) in [6, 6.07) is 7.56. The van der Waals surface area contributed by atoms with Crippen LogP contribution in [0.15, 0.2) is 28.8 Å². The number of nitrogens with zero attached hydrogens (tertiary/aromatic N) is 3. The highest BCUT2D eigenvalue weighted by molar-refractivity contribution is 5.78. The summed E-state index contributed by atoms with van der Waals surface area (Å²) in [7, 11) is 0. The highest BCUT2D eigenvalue weighted by Crippen LogP contribution is 2.30. The van der Waals surface area contributed by atoms with Gasteiger partial charge in [-0.3, -0.25) is 4.79 Å². The summed E-state index contributed by atoms with van der Waals surface area (Å²) in [5.41, 5.74) is 1.02. The Morgan fingerprint density at radius 2 is 2.21 bits per heavy atom. The van der Waals surface area contributed by atoms with Crippen LogP contribution in [-0.4, -0.2) is 34.1 Å². The molecule has 1 amide bonds. The van der Waals surface area contributed by atoms with E-state index in [2.05, 4.69) is 10.1 Å². The first-order valence-corrected chi connectivity index (χ1v) is 8.49. The van der Waals surface area contributed by atoms with Gasteiger partial charge in [-0.1, -0.05) is 30.3 Å². The van der Waals surface area contributed by atoms with E-state index in [9.17, 15) is 4.79 Å². The number of carbonyl (C=O) groups excluding carboxylic acids is 1. The first-order chi connectivity index (χ1) is 11.7. The molecule has 1 aromatic heterocycles. The van der Waals surface area contributed by atoms with Crippen molar-refractivity contribution in [2.75, 3.05) is 13.2 Å². The van der Waals surface area contributed by atoms with Crippen molar-refractivity contribution in [1.29, 1.82) is 0 Å². The molecular weight excluding hydrogens is 306 g/mol. The normalized spacial score (nSPS) is 17.8. The zero-order valence-corrected chi connectivity index (χ0v) is 14.2. The molecule has 0 saturated carbocycles. The average Bonchev–Trinajstić information content (AvgIpc) is 3.10. The Hall–Kier alpha value is -2.37. The van der Waals surface area contributed by atoms with Gasteiger partial charge in [0.2, 0.25) is 5.89 Å². The predicted molar refractivity (Wildman–Crippen MR) is 88.7 cm³/mol. The van der Waals surface area contributed by atoms with Crippen LogP contribution in [0.2, 0.25) is 0 Å². The molecule has 1 aliphatic heterocycles. The molecule has 1 atom stereocenters. The van der Waals surface area contributed by atoms with Gasteiger partial charge in [0.1, 0.15) is 11.8 Å². The second-order valence-corrected chi connectivity index (χ2v) is 6.06. The monoisotopic (exact) mass is 329 g/mol. The van der Waals surface area contributed by atoms with Gasteiger partial charge in [0, 0.05) is 13.0 Å². The lowest BCUT2D eigenvalue weighted by Gasteiger charge is -2.33. The van der Waals surface area contributed by atoms with E-state index >= 15 is 0 Å². The Labute approximate surface area is 141 Å². The number of aryl methyl sites for hydroxylation is 2. The smallest absolute Gasteiger partial charge is 0.261 e. The van der Waals surface area contributed by atoms with Crippen LogP contribution >= 0.6 is 0 Å². The minimum absolute atomic E-state index is 0.0239. The fraction of sp³-hybridized carbons (Fsp3) is 0.500. The molecule has 6 nitrogen and oxygen atoms in total. The molecule has 2 aromatic rings. The molecule has 6 heteroatoms. The summed E-state index contributed by atoms with van der Waals surface area (Å²) in [5, 5.41) is 3.95. The average molecular weight is 329 g/mol. The van der Waals surface area contributed by atoms with Gasteiger partial charge in [-0.25, -0.2) is 0 Å². The van der Waals surface area contributed by atoms with E-state index in [1.807, 2.05) is 43.0 Å². The molecule has 1 aliphatic rings. The lowest BCUT2D eigenvalue weighted by molar-refractivity contribution is -0.138. The molecule has 1 fully saturated rings. The molecular formula is C18H23N3O3. The fourth-order valence-corrected chi connectivity index (χ4v) is 2.97. The SMILES string of the molecule is CCc1noc([C@@H]2CCCCN2C(=O)COc2ccccc2C)n1. The van der Waals surface area contributed by atoms with Gasteiger partial charge in [0.25, 0.3) is 5.91 Å². The van der Waals surface area contributed by atoms with Crippen LogP contribution < -0.4 is 4.74 Å². The number of hydrogen-bond acceptors (Lipinski definition) is 5. The molecule has 128 valence electrons. The number of amides is 1. The number of piperidine rings is 1. The largest absolute Gasteiger partial charge is 0.484 e. The number of likely N-dealkylation sites (tertiary alicyclic amines) is 1. The maximum atomic E-state index is 12.7. The molecule has 24 heavy (non-hydrogen) atoms. The van der Waals surface area contributed by atoms with Crippen LogP contribution in [0.4, 0.5) is 0 Å². The second-order valence-electron chi connectivity index (χ2n) is 6.06. The third-order valence-electron chi connectivity index (χ3n) is 4.35. The van der Waals surface area contributed by atoms with Crippen molar-refractivity contribution in [2.45, 2.75) is 45.6 Å². The summed E-state index contributed by atoms with van der Waals surface area (Å²) in [5.74, 6) is 1.92. The summed E-state index contributed by atoms with van der Waals surface area (Å²) in [4.78, 5) is 18.9. The van der Waals surface area contributed by atoms with Gasteiger partial charge in [-0.2, -0.15) is 4.98 Å². The molecule has 0 aliphatic carbocycles. The number of para-hydroxylation sites is 1. The quantitative estimate of drug-likeness (QED) is 0.843. The van der Waals surface area contributed by atoms with Crippen LogP contribution in [0.3, 0.4) is 0 Å². The number of carbonyl (C=O) groups is 1. The Balaban J connectivity index is 1.68. The van der Waals surface area contributed by atoms with E-state index < -0.39 is 0 Å². The zero-order chi connectivity index (χ0) is 16.9. The van der Waals surface area contributed by atoms with Gasteiger partial charge in [0.05, 0.1) is 0 Å². The summed E-state index contributed by atoms with van der Waals surface area (Å²) in [6.07, 6.45) is 3.61. The maximum Gasteiger partial charge on any atom is 0.261 e. The molecule has 0 radical (unpaired) electrons. The number of aromatic nitrogens is 2. The lowest BCUT2D eigenvalue weighted by atomic mass is 10.0. The van der Waals surface area contributed by atoms with E-state index in [4.69, 9.17) is 9.26 Å². The van der Waals surface area contributed by atoms with E-state index in [1.165, 1.54) is 0 Å². The van der Waals surface area contributed by atoms with Crippen LogP contribution in [0.5, 0.6) is 5.75 Å². The summed E-state index contributed by atoms with van der Waals surface area (Å²) >= 11 is 0. The van der Waals surface area contributed by atoms with Crippen molar-refractivity contribution < 1.29 is 14.1 Å². The molecule has 1 aromatic carbocycles. The Kier molecular flexibility index (Phi) is 5.13. The molecule has 0 bridgehead atoms. The van der Waals surface area contributed by atoms with Gasteiger partial charge >= 0.3 is 0 Å². The first-order valence-electron chi connectivity index (χ1n) is 8.49. The van der Waals surface area contributed by atoms with Crippen LogP contribution in [-0.2, 0) is 11.2 Å². The highest BCUT2D eigenvalue weighted by Gasteiger charge is 2.32. The van der Waals surface area contributed by atoms with Crippen molar-refractivity contribution in [2.24, 2.45) is 0 Å². The van der Waals surface area contributed by atoms with Crippen LogP contribution in [0.1, 0.15) is 49.5 Å². The van der Waals surface area contributed by atoms with Gasteiger partial charge < -0.3 is 14.2 Å². The highest BCUT2D eigenvalue weighted by atomic mass is 16.5. The van der Waals surface area contributed by atoms with Gasteiger partial charge in [-0.05, 0) is 37.8 Å². The zero-order valence-electron chi connectivity index (χ0n) is 14.2. The van der Waals surface area contributed by atoms with Crippen molar-refractivity contribution in [3.63, 3.8) is 0 Å². The van der Waals surface area contributed by atoms with Crippen molar-refractivity contribution in [1.82, 2.24) is 15.0 Å². The minimum Gasteiger partial charge on any atom is -0.484 e. The van der Waals surface area contributed by atoms with E-state index in [-0.39, 0.29) is 18.6 Å². The van der Waals surface area contributed by atoms with E-state index in [0.29, 0.717) is 18.3 Å². The third kappa shape index (κ3) is 3.58. The molecule has 1 saturated heterocycles. The third-order valence-corrected chi connectivity index (χ3v) is 4.35. The Morgan fingerprint density at radius 1 is 1.38 bits per heavy atom. The summed E-state index contributed by atoms with van der Waals surface area (Å²) < 4.78 is 11.1. The predicted octanol–water partition coefficient (Wildman–Crippen LogP) is 3.07. The van der Waals surface area contributed by atoms with Gasteiger partial charge in [0.15, 0.2) is 12.4 Å².